The maximum atomic E-state index is 13.9. The SMILES string of the molecule is CCn1nc(C2CC2)cc1Nc1nc(C(=O)CCc2cn(CCCCc3cccc4c3C(=O)N(C3CCC(=O)NC3=O)C4=O)cn2)nc2[nH]c3cc(-c4c(C)noc4C)c(C)cc3c12. The highest BCUT2D eigenvalue weighted by molar-refractivity contribution is 6.24. The summed E-state index contributed by atoms with van der Waals surface area (Å²) in [5.74, 6) is 0.370. The van der Waals surface area contributed by atoms with Gasteiger partial charge in [-0.3, -0.25) is 34.2 Å². The molecule has 3 N–H and O–H groups in total. The Morgan fingerprint density at radius 1 is 0.953 bits per heavy atom. The summed E-state index contributed by atoms with van der Waals surface area (Å²) >= 11 is 0. The Bertz CT molecular complexity index is 3060. The third kappa shape index (κ3) is 7.33. The second-order valence-electron chi connectivity index (χ2n) is 17.1. The van der Waals surface area contributed by atoms with Crippen molar-refractivity contribution in [3.05, 3.63) is 99.8 Å². The zero-order chi connectivity index (χ0) is 44.4. The quantitative estimate of drug-likeness (QED) is 0.0542. The molecule has 3 aliphatic rings. The van der Waals surface area contributed by atoms with Crippen LogP contribution in [-0.2, 0) is 35.5 Å². The molecule has 64 heavy (non-hydrogen) atoms. The number of rotatable bonds is 15. The van der Waals surface area contributed by atoms with Crippen LogP contribution in [0.2, 0.25) is 0 Å². The lowest BCUT2D eigenvalue weighted by atomic mass is 9.97. The molecule has 1 saturated carbocycles. The lowest BCUT2D eigenvalue weighted by Crippen LogP contribution is -2.54. The molecule has 1 atom stereocenters. The van der Waals surface area contributed by atoms with Gasteiger partial charge in [-0.25, -0.2) is 19.6 Å². The molecule has 0 spiro atoms. The summed E-state index contributed by atoms with van der Waals surface area (Å²) in [6.45, 7) is 9.28. The van der Waals surface area contributed by atoms with E-state index < -0.39 is 29.7 Å². The Morgan fingerprint density at radius 3 is 2.56 bits per heavy atom. The Morgan fingerprint density at radius 2 is 1.80 bits per heavy atom. The number of imide groups is 2. The number of aromatic nitrogens is 8. The van der Waals surface area contributed by atoms with Crippen LogP contribution in [0.5, 0.6) is 0 Å². The number of carbonyl (C=O) groups is 5. The normalized spacial score (nSPS) is 16.4. The monoisotopic (exact) mass is 861 g/mol. The van der Waals surface area contributed by atoms with E-state index in [1.807, 2.05) is 35.4 Å². The van der Waals surface area contributed by atoms with Crippen molar-refractivity contribution in [2.75, 3.05) is 5.32 Å². The van der Waals surface area contributed by atoms with Gasteiger partial charge in [-0.2, -0.15) is 5.10 Å². The number of ketones is 1. The summed E-state index contributed by atoms with van der Waals surface area (Å²) < 4.78 is 9.42. The minimum atomic E-state index is -1.00. The van der Waals surface area contributed by atoms with Crippen LogP contribution >= 0.6 is 0 Å². The predicted octanol–water partition coefficient (Wildman–Crippen LogP) is 6.96. The van der Waals surface area contributed by atoms with E-state index in [0.717, 1.165) is 97.8 Å². The zero-order valence-corrected chi connectivity index (χ0v) is 36.1. The van der Waals surface area contributed by atoms with Gasteiger partial charge in [-0.05, 0) is 108 Å². The lowest BCUT2D eigenvalue weighted by Gasteiger charge is -2.27. The molecule has 2 aliphatic heterocycles. The number of unbranched alkanes of at least 4 members (excludes halogenated alkanes) is 1. The third-order valence-corrected chi connectivity index (χ3v) is 12.7. The highest BCUT2D eigenvalue weighted by Crippen LogP contribution is 2.42. The molecule has 1 saturated heterocycles. The Labute approximate surface area is 367 Å². The Kier molecular flexibility index (Phi) is 10.3. The minimum absolute atomic E-state index is 0.0690. The van der Waals surface area contributed by atoms with Crippen molar-refractivity contribution in [1.82, 2.24) is 49.7 Å². The van der Waals surface area contributed by atoms with E-state index >= 15 is 0 Å². The molecule has 7 heterocycles. The summed E-state index contributed by atoms with van der Waals surface area (Å²) in [7, 11) is 0. The van der Waals surface area contributed by atoms with Gasteiger partial charge in [-0.1, -0.05) is 17.3 Å². The topological polar surface area (TPSA) is 216 Å². The molecule has 17 nitrogen and oxygen atoms in total. The van der Waals surface area contributed by atoms with E-state index in [4.69, 9.17) is 19.6 Å². The number of piperidine rings is 1. The summed E-state index contributed by atoms with van der Waals surface area (Å²) in [5, 5.41) is 16.5. The standard InChI is InChI=1S/C47H47N11O6/c1-5-57-37(21-33(54-57)27-12-13-27)50-44-41-32-19-24(2)31(39-25(3)55-64-26(39)4)20-34(32)49-43(41)52-42(53-44)36(59)16-14-29-22-56(23-48-29)18-7-6-9-28-10-8-11-30-40(28)47(63)58(46(30)62)35-15-17-38(60)51-45(35)61/h8,10-11,19-23,27,35H,5-7,9,12-18H2,1-4H3,(H,51,60,61)(H2,49,50,52,53). The number of anilines is 2. The molecule has 7 aromatic rings. The molecule has 5 aromatic heterocycles. The molecule has 10 rings (SSSR count). The second kappa shape index (κ2) is 16.1. The smallest absolute Gasteiger partial charge is 0.262 e. The van der Waals surface area contributed by atoms with Gasteiger partial charge in [0.1, 0.15) is 29.1 Å². The summed E-state index contributed by atoms with van der Waals surface area (Å²) in [4.78, 5) is 83.7. The fourth-order valence-electron chi connectivity index (χ4n) is 9.20. The predicted molar refractivity (Wildman–Crippen MR) is 235 cm³/mol. The highest BCUT2D eigenvalue weighted by atomic mass is 16.5. The minimum Gasteiger partial charge on any atom is -0.361 e. The van der Waals surface area contributed by atoms with Crippen molar-refractivity contribution in [2.45, 2.75) is 111 Å². The zero-order valence-electron chi connectivity index (χ0n) is 36.1. The van der Waals surface area contributed by atoms with Crippen LogP contribution in [-0.4, -0.2) is 79.8 Å². The number of H-pyrrole nitrogens is 1. The van der Waals surface area contributed by atoms with Gasteiger partial charge in [0.25, 0.3) is 11.8 Å². The van der Waals surface area contributed by atoms with Crippen LogP contribution in [0.15, 0.2) is 53.4 Å². The number of Topliss-reactive ketones (excluding diaryl/α,β-unsaturated/α-hetero) is 1. The summed E-state index contributed by atoms with van der Waals surface area (Å²) in [6.07, 6.45) is 8.72. The first kappa shape index (κ1) is 40.8. The maximum absolute atomic E-state index is 13.9. The summed E-state index contributed by atoms with van der Waals surface area (Å²) in [6, 6.07) is 10.5. The van der Waals surface area contributed by atoms with Crippen LogP contribution in [0.3, 0.4) is 0 Å². The fraction of sp³-hybridized carbons (Fsp3) is 0.362. The molecule has 1 aliphatic carbocycles. The van der Waals surface area contributed by atoms with Crippen molar-refractivity contribution in [2.24, 2.45) is 0 Å². The number of carbonyl (C=O) groups excluding carboxylic acids is 5. The highest BCUT2D eigenvalue weighted by Gasteiger charge is 2.45. The van der Waals surface area contributed by atoms with E-state index in [1.165, 1.54) is 0 Å². The van der Waals surface area contributed by atoms with E-state index in [-0.39, 0.29) is 36.4 Å². The second-order valence-corrected chi connectivity index (χ2v) is 17.1. The Balaban J connectivity index is 0.831. The first-order valence-corrected chi connectivity index (χ1v) is 21.9. The molecule has 0 bridgehead atoms. The molecule has 2 fully saturated rings. The van der Waals surface area contributed by atoms with Gasteiger partial charge < -0.3 is 19.4 Å². The molecular formula is C47H47N11O6. The van der Waals surface area contributed by atoms with Crippen molar-refractivity contribution in [1.29, 1.82) is 0 Å². The van der Waals surface area contributed by atoms with Gasteiger partial charge in [0, 0.05) is 60.6 Å². The van der Waals surface area contributed by atoms with Crippen LogP contribution < -0.4 is 10.6 Å². The summed E-state index contributed by atoms with van der Waals surface area (Å²) in [5.41, 5.74) is 8.36. The van der Waals surface area contributed by atoms with Crippen molar-refractivity contribution >= 4 is 63.0 Å². The number of hydrogen-bond acceptors (Lipinski definition) is 12. The number of amides is 4. The molecule has 326 valence electrons. The number of benzene rings is 2. The van der Waals surface area contributed by atoms with Gasteiger partial charge in [-0.15, -0.1) is 0 Å². The number of aryl methyl sites for hydroxylation is 7. The van der Waals surface area contributed by atoms with Crippen molar-refractivity contribution < 1.29 is 28.5 Å². The lowest BCUT2D eigenvalue weighted by molar-refractivity contribution is -0.136. The van der Waals surface area contributed by atoms with Gasteiger partial charge in [0.2, 0.25) is 17.6 Å². The van der Waals surface area contributed by atoms with Gasteiger partial charge >= 0.3 is 0 Å². The third-order valence-electron chi connectivity index (χ3n) is 12.7. The van der Waals surface area contributed by atoms with Gasteiger partial charge in [0.15, 0.2) is 5.82 Å². The van der Waals surface area contributed by atoms with Crippen molar-refractivity contribution in [3.8, 4) is 11.1 Å². The number of hydrogen-bond donors (Lipinski definition) is 3. The molecular weight excluding hydrogens is 815 g/mol. The van der Waals surface area contributed by atoms with Crippen LogP contribution in [0.25, 0.3) is 33.1 Å². The van der Waals surface area contributed by atoms with Gasteiger partial charge in [0.05, 0.1) is 39.9 Å². The molecule has 17 heteroatoms. The molecule has 4 amide bonds. The average molecular weight is 862 g/mol. The number of nitrogens with one attached hydrogen (secondary N) is 3. The van der Waals surface area contributed by atoms with E-state index in [1.54, 1.807) is 18.5 Å². The molecule has 1 unspecified atom stereocenters. The van der Waals surface area contributed by atoms with E-state index in [0.29, 0.717) is 48.9 Å². The van der Waals surface area contributed by atoms with Crippen LogP contribution in [0.4, 0.5) is 11.6 Å². The fourth-order valence-corrected chi connectivity index (χ4v) is 9.20. The first-order valence-electron chi connectivity index (χ1n) is 21.9. The molecule has 0 radical (unpaired) electrons. The maximum Gasteiger partial charge on any atom is 0.262 e. The number of aromatic amines is 1. The average Bonchev–Trinajstić information content (AvgIpc) is 3.49. The number of fused-ring (bicyclic) bond motifs is 4. The van der Waals surface area contributed by atoms with Crippen LogP contribution in [0, 0.1) is 20.8 Å². The van der Waals surface area contributed by atoms with E-state index in [9.17, 15) is 24.0 Å². The molecule has 2 aromatic carbocycles. The van der Waals surface area contributed by atoms with E-state index in [2.05, 4.69) is 57.8 Å². The first-order chi connectivity index (χ1) is 30.9. The Hall–Kier alpha value is -7.30. The van der Waals surface area contributed by atoms with Crippen molar-refractivity contribution in [3.63, 3.8) is 0 Å². The number of nitrogens with zero attached hydrogens (tertiary/aromatic N) is 8. The largest absolute Gasteiger partial charge is 0.361 e. The van der Waals surface area contributed by atoms with Crippen LogP contribution in [0.1, 0.15) is 123 Å². The number of imidazole rings is 1.